The number of alkyl halides is 3. The van der Waals surface area contributed by atoms with Crippen molar-refractivity contribution in [3.05, 3.63) is 20.8 Å². The van der Waals surface area contributed by atoms with Gasteiger partial charge in [-0.05, 0) is 28.1 Å². The molecule has 0 radical (unpaired) electrons. The maximum Gasteiger partial charge on any atom is 0.168 e. The van der Waals surface area contributed by atoms with E-state index >= 15 is 0 Å². The Balaban J connectivity index is 2.96. The van der Waals surface area contributed by atoms with Crippen molar-refractivity contribution >= 4 is 75.1 Å². The number of thiophene rings is 1. The standard InChI is InChI=1S/C5H2Br4S/c6-4-2-1-3(10-4)5(7,8)9/h1-2H. The van der Waals surface area contributed by atoms with Crippen molar-refractivity contribution in [3.8, 4) is 0 Å². The molecule has 10 heavy (non-hydrogen) atoms. The van der Waals surface area contributed by atoms with Crippen LogP contribution in [0.15, 0.2) is 15.9 Å². The zero-order valence-electron chi connectivity index (χ0n) is 4.57. The summed E-state index contributed by atoms with van der Waals surface area (Å²) in [6.45, 7) is 0. The Bertz CT molecular complexity index is 224. The molecule has 1 aromatic heterocycles. The zero-order chi connectivity index (χ0) is 7.78. The van der Waals surface area contributed by atoms with E-state index in [1.54, 1.807) is 11.3 Å². The Morgan fingerprint density at radius 2 is 1.80 bits per heavy atom. The second-order valence-electron chi connectivity index (χ2n) is 1.60. The van der Waals surface area contributed by atoms with Crippen molar-refractivity contribution in [1.82, 2.24) is 0 Å². The van der Waals surface area contributed by atoms with Gasteiger partial charge in [0.2, 0.25) is 0 Å². The summed E-state index contributed by atoms with van der Waals surface area (Å²) in [5, 5.41) is 0. The summed E-state index contributed by atoms with van der Waals surface area (Å²) >= 11 is 15.3. The normalized spacial score (nSPS) is 12.0. The molecule has 1 aromatic rings. The molecule has 5 heteroatoms. The van der Waals surface area contributed by atoms with Crippen molar-refractivity contribution in [3.63, 3.8) is 0 Å². The fourth-order valence-electron chi connectivity index (χ4n) is 0.467. The fourth-order valence-corrected chi connectivity index (χ4v) is 2.84. The van der Waals surface area contributed by atoms with E-state index in [1.807, 2.05) is 12.1 Å². The monoisotopic (exact) mass is 410 g/mol. The number of hydrogen-bond donors (Lipinski definition) is 0. The van der Waals surface area contributed by atoms with Gasteiger partial charge in [0.15, 0.2) is 2.14 Å². The van der Waals surface area contributed by atoms with Crippen LogP contribution in [0.25, 0.3) is 0 Å². The van der Waals surface area contributed by atoms with Crippen LogP contribution in [0, 0.1) is 0 Å². The van der Waals surface area contributed by atoms with Gasteiger partial charge in [-0.15, -0.1) is 11.3 Å². The molecule has 0 aliphatic carbocycles. The van der Waals surface area contributed by atoms with Crippen molar-refractivity contribution in [2.75, 3.05) is 0 Å². The van der Waals surface area contributed by atoms with E-state index in [1.165, 1.54) is 4.88 Å². The first-order valence-corrected chi connectivity index (χ1v) is 6.31. The third-order valence-electron chi connectivity index (χ3n) is 0.853. The lowest BCUT2D eigenvalue weighted by Crippen LogP contribution is -1.91. The molecule has 0 fully saturated rings. The van der Waals surface area contributed by atoms with Crippen LogP contribution in [-0.4, -0.2) is 0 Å². The summed E-state index contributed by atoms with van der Waals surface area (Å²) in [5.74, 6) is 0. The molecule has 0 amide bonds. The molecule has 0 spiro atoms. The first-order valence-electron chi connectivity index (χ1n) is 2.32. The molecule has 0 saturated heterocycles. The average molecular weight is 414 g/mol. The molecule has 0 nitrogen and oxygen atoms in total. The molecule has 0 aromatic carbocycles. The smallest absolute Gasteiger partial charge is 0.130 e. The zero-order valence-corrected chi connectivity index (χ0v) is 11.7. The van der Waals surface area contributed by atoms with E-state index in [4.69, 9.17) is 0 Å². The number of rotatable bonds is 0. The van der Waals surface area contributed by atoms with Crippen molar-refractivity contribution in [2.24, 2.45) is 0 Å². The van der Waals surface area contributed by atoms with Gasteiger partial charge in [-0.3, -0.25) is 0 Å². The lowest BCUT2D eigenvalue weighted by atomic mass is 10.5. The van der Waals surface area contributed by atoms with Gasteiger partial charge in [0.1, 0.15) is 0 Å². The van der Waals surface area contributed by atoms with Crippen LogP contribution in [0.1, 0.15) is 4.88 Å². The van der Waals surface area contributed by atoms with Crippen molar-refractivity contribution in [2.45, 2.75) is 2.14 Å². The van der Waals surface area contributed by atoms with Crippen LogP contribution < -0.4 is 0 Å². The van der Waals surface area contributed by atoms with E-state index in [-0.39, 0.29) is 2.14 Å². The van der Waals surface area contributed by atoms with Gasteiger partial charge in [0.05, 0.1) is 3.79 Å². The third kappa shape index (κ3) is 2.59. The van der Waals surface area contributed by atoms with E-state index in [2.05, 4.69) is 63.7 Å². The van der Waals surface area contributed by atoms with Crippen LogP contribution in [0.2, 0.25) is 0 Å². The predicted molar refractivity (Wildman–Crippen MR) is 60.5 cm³/mol. The molecule has 0 aliphatic rings. The Hall–Kier alpha value is 1.62. The predicted octanol–water partition coefficient (Wildman–Crippen LogP) is 4.81. The molecule has 0 saturated carbocycles. The van der Waals surface area contributed by atoms with Crippen LogP contribution in [0.3, 0.4) is 0 Å². The summed E-state index contributed by atoms with van der Waals surface area (Å²) in [6.07, 6.45) is 0. The third-order valence-corrected chi connectivity index (χ3v) is 4.66. The summed E-state index contributed by atoms with van der Waals surface area (Å²) < 4.78 is 0.870. The molecule has 0 atom stereocenters. The van der Waals surface area contributed by atoms with E-state index < -0.39 is 0 Å². The van der Waals surface area contributed by atoms with Crippen LogP contribution >= 0.6 is 75.1 Å². The van der Waals surface area contributed by atoms with Crippen molar-refractivity contribution in [1.29, 1.82) is 0 Å². The Labute approximate surface area is 96.9 Å². The van der Waals surface area contributed by atoms with E-state index in [0.29, 0.717) is 0 Å². The van der Waals surface area contributed by atoms with Crippen molar-refractivity contribution < 1.29 is 0 Å². The van der Waals surface area contributed by atoms with E-state index in [9.17, 15) is 0 Å². The maximum absolute atomic E-state index is 3.42. The molecule has 0 unspecified atom stereocenters. The minimum Gasteiger partial charge on any atom is -0.130 e. The number of halogens is 4. The fraction of sp³-hybridized carbons (Fsp3) is 0.200. The number of hydrogen-bond acceptors (Lipinski definition) is 1. The van der Waals surface area contributed by atoms with Gasteiger partial charge in [-0.2, -0.15) is 0 Å². The lowest BCUT2D eigenvalue weighted by molar-refractivity contribution is 1.48. The Morgan fingerprint density at radius 1 is 1.20 bits per heavy atom. The lowest BCUT2D eigenvalue weighted by Gasteiger charge is -2.07. The maximum atomic E-state index is 3.42. The van der Waals surface area contributed by atoms with E-state index in [0.717, 1.165) is 3.79 Å². The highest BCUT2D eigenvalue weighted by Gasteiger charge is 2.22. The molecular formula is C5H2Br4S. The first-order chi connectivity index (χ1) is 4.50. The van der Waals surface area contributed by atoms with Gasteiger partial charge >= 0.3 is 0 Å². The molecule has 1 rings (SSSR count). The summed E-state index contributed by atoms with van der Waals surface area (Å²) in [5.41, 5.74) is 0. The highest BCUT2D eigenvalue weighted by molar-refractivity contribution is 9.38. The van der Waals surface area contributed by atoms with Gasteiger partial charge < -0.3 is 0 Å². The summed E-state index contributed by atoms with van der Waals surface area (Å²) in [6, 6.07) is 4.05. The van der Waals surface area contributed by atoms with Gasteiger partial charge in [0.25, 0.3) is 0 Å². The second kappa shape index (κ2) is 3.56. The molecule has 0 N–H and O–H groups in total. The second-order valence-corrected chi connectivity index (χ2v) is 10.8. The minimum absolute atomic E-state index is 0.260. The van der Waals surface area contributed by atoms with Gasteiger partial charge in [0, 0.05) is 4.88 Å². The first kappa shape index (κ1) is 9.71. The summed E-state index contributed by atoms with van der Waals surface area (Å²) in [7, 11) is 0. The topological polar surface area (TPSA) is 0 Å². The molecular weight excluding hydrogens is 412 g/mol. The molecule has 0 bridgehead atoms. The van der Waals surface area contributed by atoms with Gasteiger partial charge in [-0.1, -0.05) is 47.8 Å². The Kier molecular flexibility index (Phi) is 3.45. The molecule has 1 heterocycles. The SMILES string of the molecule is Brc1ccc(C(Br)(Br)Br)s1. The molecule has 0 aliphatic heterocycles. The highest BCUT2D eigenvalue weighted by Crippen LogP contribution is 2.47. The van der Waals surface area contributed by atoms with Crippen LogP contribution in [-0.2, 0) is 2.14 Å². The highest BCUT2D eigenvalue weighted by atomic mass is 80.0. The van der Waals surface area contributed by atoms with Gasteiger partial charge in [-0.25, -0.2) is 0 Å². The summed E-state index contributed by atoms with van der Waals surface area (Å²) in [4.78, 5) is 1.18. The quantitative estimate of drug-likeness (QED) is 0.536. The average Bonchev–Trinajstić information content (AvgIpc) is 2.11. The van der Waals surface area contributed by atoms with Crippen LogP contribution in [0.5, 0.6) is 0 Å². The minimum atomic E-state index is -0.260. The largest absolute Gasteiger partial charge is 0.168 e. The van der Waals surface area contributed by atoms with Crippen LogP contribution in [0.4, 0.5) is 0 Å². The molecule has 56 valence electrons. The Morgan fingerprint density at radius 3 is 2.00 bits per heavy atom.